The first-order valence-corrected chi connectivity index (χ1v) is 10.4. The molecule has 4 rings (SSSR count). The predicted molar refractivity (Wildman–Crippen MR) is 103 cm³/mol. The number of halogens is 1. The summed E-state index contributed by atoms with van der Waals surface area (Å²) in [5.41, 5.74) is 2.15. The Morgan fingerprint density at radius 2 is 1.73 bits per heavy atom. The zero-order chi connectivity index (χ0) is 17.9. The summed E-state index contributed by atoms with van der Waals surface area (Å²) in [5, 5.41) is 4.97. The van der Waals surface area contributed by atoms with Crippen molar-refractivity contribution in [3.63, 3.8) is 0 Å². The largest absolute Gasteiger partial charge is 0.337 e. The predicted octanol–water partition coefficient (Wildman–Crippen LogP) is 4.52. The van der Waals surface area contributed by atoms with Crippen LogP contribution in [-0.4, -0.2) is 38.5 Å². The first-order chi connectivity index (χ1) is 12.7. The molecular weight excluding hydrogens is 348 g/mol. The molecule has 1 saturated carbocycles. The maximum Gasteiger partial charge on any atom is 0.274 e. The number of hydrogen-bond donors (Lipinski definition) is 0. The van der Waals surface area contributed by atoms with Crippen LogP contribution in [0, 0.1) is 5.92 Å². The number of carbonyl (C=O) groups is 1. The molecule has 140 valence electrons. The lowest BCUT2D eigenvalue weighted by molar-refractivity contribution is 0.0755. The van der Waals surface area contributed by atoms with Crippen molar-refractivity contribution in [2.45, 2.75) is 64.2 Å². The summed E-state index contributed by atoms with van der Waals surface area (Å²) >= 11 is 6.45. The van der Waals surface area contributed by atoms with Gasteiger partial charge >= 0.3 is 0 Å². The van der Waals surface area contributed by atoms with Gasteiger partial charge in [0.2, 0.25) is 0 Å². The van der Waals surface area contributed by atoms with Gasteiger partial charge in [0.05, 0.1) is 0 Å². The van der Waals surface area contributed by atoms with Gasteiger partial charge in [-0.3, -0.25) is 4.79 Å². The van der Waals surface area contributed by atoms with Gasteiger partial charge in [-0.25, -0.2) is 9.50 Å². The highest BCUT2D eigenvalue weighted by atomic mass is 35.5. The normalized spacial score (nSPS) is 19.7. The van der Waals surface area contributed by atoms with Crippen molar-refractivity contribution in [3.8, 4) is 0 Å². The average molecular weight is 375 g/mol. The van der Waals surface area contributed by atoms with Gasteiger partial charge in [-0.05, 0) is 31.2 Å². The van der Waals surface area contributed by atoms with Crippen molar-refractivity contribution in [2.24, 2.45) is 5.92 Å². The third kappa shape index (κ3) is 3.88. The average Bonchev–Trinajstić information content (AvgIpc) is 2.89. The van der Waals surface area contributed by atoms with E-state index in [-0.39, 0.29) is 5.91 Å². The maximum atomic E-state index is 12.8. The number of hydrogen-bond acceptors (Lipinski definition) is 3. The number of nitrogens with zero attached hydrogens (tertiary/aromatic N) is 4. The summed E-state index contributed by atoms with van der Waals surface area (Å²) in [6.07, 6.45) is 12.1. The maximum absolute atomic E-state index is 12.8. The van der Waals surface area contributed by atoms with Crippen LogP contribution in [-0.2, 0) is 6.42 Å². The Bertz CT molecular complexity index is 773. The number of carbonyl (C=O) groups excluding carboxylic acids is 1. The fraction of sp³-hybridized carbons (Fsp3) is 0.650. The smallest absolute Gasteiger partial charge is 0.274 e. The zero-order valence-electron chi connectivity index (χ0n) is 15.3. The first-order valence-electron chi connectivity index (χ1n) is 10.1. The van der Waals surface area contributed by atoms with Crippen LogP contribution in [0.15, 0.2) is 12.1 Å². The van der Waals surface area contributed by atoms with Crippen LogP contribution in [0.25, 0.3) is 5.65 Å². The number of likely N-dealkylation sites (tertiary alicyclic amines) is 1. The van der Waals surface area contributed by atoms with Crippen molar-refractivity contribution in [3.05, 3.63) is 28.7 Å². The Labute approximate surface area is 159 Å². The van der Waals surface area contributed by atoms with Gasteiger partial charge in [-0.1, -0.05) is 56.5 Å². The molecule has 2 aromatic rings. The van der Waals surface area contributed by atoms with E-state index in [1.165, 1.54) is 44.9 Å². The van der Waals surface area contributed by atoms with Crippen LogP contribution in [0.1, 0.15) is 74.0 Å². The molecule has 2 aliphatic rings. The molecule has 0 aromatic carbocycles. The Balaban J connectivity index is 1.55. The van der Waals surface area contributed by atoms with Gasteiger partial charge in [0.15, 0.2) is 11.3 Å². The highest BCUT2D eigenvalue weighted by Crippen LogP contribution is 2.27. The Hall–Kier alpha value is -1.62. The van der Waals surface area contributed by atoms with E-state index in [4.69, 9.17) is 16.6 Å². The van der Waals surface area contributed by atoms with Crippen molar-refractivity contribution in [2.75, 3.05) is 13.1 Å². The van der Waals surface area contributed by atoms with Gasteiger partial charge < -0.3 is 4.90 Å². The van der Waals surface area contributed by atoms with Gasteiger partial charge in [0, 0.05) is 24.8 Å². The number of aromatic nitrogens is 3. The topological polar surface area (TPSA) is 50.5 Å². The Kier molecular flexibility index (Phi) is 5.44. The van der Waals surface area contributed by atoms with Crippen LogP contribution in [0.2, 0.25) is 5.15 Å². The molecule has 5 nitrogen and oxygen atoms in total. The molecule has 1 aliphatic heterocycles. The third-order valence-electron chi connectivity index (χ3n) is 5.77. The van der Waals surface area contributed by atoms with Crippen LogP contribution < -0.4 is 0 Å². The van der Waals surface area contributed by atoms with Crippen LogP contribution >= 0.6 is 11.6 Å². The standard InChI is InChI=1S/C20H27ClN4O/c21-18-13-16(12-15-8-4-3-5-9-15)22-19-14-17(23-25(18)19)20(26)24-10-6-1-2-7-11-24/h13-15H,1-12H2. The van der Waals surface area contributed by atoms with Gasteiger partial charge in [-0.15, -0.1) is 0 Å². The SMILES string of the molecule is O=C(c1cc2nc(CC3CCCCC3)cc(Cl)n2n1)N1CCCCCC1. The van der Waals surface area contributed by atoms with E-state index in [1.807, 2.05) is 11.0 Å². The lowest BCUT2D eigenvalue weighted by Crippen LogP contribution is -2.32. The first kappa shape index (κ1) is 17.8. The van der Waals surface area contributed by atoms with E-state index in [0.717, 1.165) is 38.0 Å². The molecule has 26 heavy (non-hydrogen) atoms. The van der Waals surface area contributed by atoms with Gasteiger partial charge in [0.1, 0.15) is 5.15 Å². The fourth-order valence-electron chi connectivity index (χ4n) is 4.32. The second-order valence-corrected chi connectivity index (χ2v) is 8.17. The van der Waals surface area contributed by atoms with Gasteiger partial charge in [-0.2, -0.15) is 5.10 Å². The molecule has 0 unspecified atom stereocenters. The Morgan fingerprint density at radius 1 is 1.04 bits per heavy atom. The van der Waals surface area contributed by atoms with E-state index in [9.17, 15) is 4.79 Å². The van der Waals surface area contributed by atoms with Crippen LogP contribution in [0.3, 0.4) is 0 Å². The molecule has 2 fully saturated rings. The molecule has 0 N–H and O–H groups in total. The summed E-state index contributed by atoms with van der Waals surface area (Å²) in [5.74, 6) is 0.707. The number of rotatable bonds is 3. The minimum absolute atomic E-state index is 0.00213. The molecule has 0 atom stereocenters. The van der Waals surface area contributed by atoms with E-state index in [0.29, 0.717) is 22.4 Å². The molecular formula is C20H27ClN4O. The minimum atomic E-state index is 0.00213. The lowest BCUT2D eigenvalue weighted by atomic mass is 9.86. The molecule has 1 saturated heterocycles. The molecule has 0 radical (unpaired) electrons. The van der Waals surface area contributed by atoms with Crippen LogP contribution in [0.5, 0.6) is 0 Å². The summed E-state index contributed by atoms with van der Waals surface area (Å²) in [6.45, 7) is 1.64. The second-order valence-electron chi connectivity index (χ2n) is 7.78. The van der Waals surface area contributed by atoms with Crippen molar-refractivity contribution in [1.29, 1.82) is 0 Å². The zero-order valence-corrected chi connectivity index (χ0v) is 16.0. The summed E-state index contributed by atoms with van der Waals surface area (Å²) in [4.78, 5) is 19.5. The van der Waals surface area contributed by atoms with E-state index < -0.39 is 0 Å². The third-order valence-corrected chi connectivity index (χ3v) is 6.04. The van der Waals surface area contributed by atoms with Crippen molar-refractivity contribution < 1.29 is 4.79 Å². The summed E-state index contributed by atoms with van der Waals surface area (Å²) in [7, 11) is 0. The highest BCUT2D eigenvalue weighted by molar-refractivity contribution is 6.29. The summed E-state index contributed by atoms with van der Waals surface area (Å²) in [6, 6.07) is 3.71. The van der Waals surface area contributed by atoms with E-state index in [2.05, 4.69) is 5.10 Å². The number of amides is 1. The number of fused-ring (bicyclic) bond motifs is 1. The fourth-order valence-corrected chi connectivity index (χ4v) is 4.57. The monoisotopic (exact) mass is 374 g/mol. The molecule has 6 heteroatoms. The quantitative estimate of drug-likeness (QED) is 0.742. The van der Waals surface area contributed by atoms with E-state index in [1.54, 1.807) is 10.6 Å². The molecule has 0 spiro atoms. The van der Waals surface area contributed by atoms with E-state index >= 15 is 0 Å². The second kappa shape index (κ2) is 7.95. The molecule has 3 heterocycles. The molecule has 2 aromatic heterocycles. The summed E-state index contributed by atoms with van der Waals surface area (Å²) < 4.78 is 1.59. The molecule has 0 bridgehead atoms. The molecule has 1 amide bonds. The molecule has 1 aliphatic carbocycles. The Morgan fingerprint density at radius 3 is 2.46 bits per heavy atom. The van der Waals surface area contributed by atoms with Crippen LogP contribution in [0.4, 0.5) is 0 Å². The highest BCUT2D eigenvalue weighted by Gasteiger charge is 2.22. The van der Waals surface area contributed by atoms with Crippen molar-refractivity contribution >= 4 is 23.2 Å². The van der Waals surface area contributed by atoms with Crippen molar-refractivity contribution in [1.82, 2.24) is 19.5 Å². The minimum Gasteiger partial charge on any atom is -0.337 e. The van der Waals surface area contributed by atoms with Gasteiger partial charge in [0.25, 0.3) is 5.91 Å². The lowest BCUT2D eigenvalue weighted by Gasteiger charge is -2.21.